The Labute approximate surface area is 179 Å². The number of aryl methyl sites for hydroxylation is 1. The zero-order valence-corrected chi connectivity index (χ0v) is 19.1. The lowest BCUT2D eigenvalue weighted by Gasteiger charge is -2.36. The van der Waals surface area contributed by atoms with E-state index in [0.717, 1.165) is 43.6 Å². The maximum Gasteiger partial charge on any atom is 0.136 e. The highest BCUT2D eigenvalue weighted by molar-refractivity contribution is 7.99. The molecule has 0 atom stereocenters. The molecule has 3 heterocycles. The van der Waals surface area contributed by atoms with Crippen LogP contribution in [0.3, 0.4) is 0 Å². The molecule has 0 spiro atoms. The zero-order chi connectivity index (χ0) is 20.4. The number of rotatable bonds is 7. The van der Waals surface area contributed by atoms with E-state index in [2.05, 4.69) is 47.8 Å². The number of nitrogens with zero attached hydrogens (tertiary/aromatic N) is 6. The monoisotopic (exact) mass is 414 g/mol. The van der Waals surface area contributed by atoms with Crippen molar-refractivity contribution in [3.63, 3.8) is 0 Å². The molecule has 0 aromatic carbocycles. The molecule has 158 valence electrons. The molecule has 1 saturated heterocycles. The van der Waals surface area contributed by atoms with Gasteiger partial charge in [0.2, 0.25) is 0 Å². The van der Waals surface area contributed by atoms with Crippen LogP contribution in [0.2, 0.25) is 0 Å². The highest BCUT2D eigenvalue weighted by Crippen LogP contribution is 2.40. The van der Waals surface area contributed by atoms with Crippen LogP contribution in [0.25, 0.3) is 0 Å². The Morgan fingerprint density at radius 1 is 1.10 bits per heavy atom. The SMILES string of the molecule is Cn1nccc1SCCCN1CCN(c2cc(C3CC3)nc(C(C)(C)C)n2)CC1. The van der Waals surface area contributed by atoms with Gasteiger partial charge in [0, 0.05) is 62.1 Å². The Hall–Kier alpha value is -1.60. The average molecular weight is 415 g/mol. The highest BCUT2D eigenvalue weighted by Gasteiger charge is 2.29. The van der Waals surface area contributed by atoms with E-state index in [0.29, 0.717) is 5.92 Å². The summed E-state index contributed by atoms with van der Waals surface area (Å²) < 4.78 is 1.95. The summed E-state index contributed by atoms with van der Waals surface area (Å²) in [6.07, 6.45) is 5.65. The molecule has 1 aliphatic carbocycles. The van der Waals surface area contributed by atoms with Gasteiger partial charge in [0.1, 0.15) is 11.6 Å². The molecule has 7 heteroatoms. The summed E-state index contributed by atoms with van der Waals surface area (Å²) in [7, 11) is 2.01. The van der Waals surface area contributed by atoms with Crippen LogP contribution in [0, 0.1) is 0 Å². The Kier molecular flexibility index (Phi) is 6.16. The first-order chi connectivity index (χ1) is 13.9. The van der Waals surface area contributed by atoms with E-state index in [9.17, 15) is 0 Å². The molecule has 0 radical (unpaired) electrons. The molecule has 2 fully saturated rings. The molecule has 0 bridgehead atoms. The first-order valence-electron chi connectivity index (χ1n) is 10.9. The number of anilines is 1. The van der Waals surface area contributed by atoms with Gasteiger partial charge in [-0.2, -0.15) is 5.10 Å². The van der Waals surface area contributed by atoms with Crippen molar-refractivity contribution in [1.82, 2.24) is 24.6 Å². The van der Waals surface area contributed by atoms with Crippen LogP contribution in [0.15, 0.2) is 23.4 Å². The fourth-order valence-electron chi connectivity index (χ4n) is 3.71. The van der Waals surface area contributed by atoms with E-state index in [1.165, 1.54) is 36.5 Å². The van der Waals surface area contributed by atoms with Crippen LogP contribution < -0.4 is 4.90 Å². The van der Waals surface area contributed by atoms with Crippen molar-refractivity contribution < 1.29 is 0 Å². The van der Waals surface area contributed by atoms with Gasteiger partial charge in [-0.25, -0.2) is 9.97 Å². The average Bonchev–Trinajstić information content (AvgIpc) is 3.47. The second-order valence-corrected chi connectivity index (χ2v) is 10.4. The van der Waals surface area contributed by atoms with Crippen LogP contribution in [0.1, 0.15) is 57.5 Å². The van der Waals surface area contributed by atoms with E-state index in [1.54, 1.807) is 0 Å². The smallest absolute Gasteiger partial charge is 0.136 e. The fourth-order valence-corrected chi connectivity index (χ4v) is 4.58. The molecule has 0 unspecified atom stereocenters. The number of aromatic nitrogens is 4. The molecule has 1 aliphatic heterocycles. The van der Waals surface area contributed by atoms with Crippen molar-refractivity contribution in [2.75, 3.05) is 43.4 Å². The van der Waals surface area contributed by atoms with Crippen LogP contribution in [-0.4, -0.2) is 63.1 Å². The Morgan fingerprint density at radius 2 is 1.86 bits per heavy atom. The largest absolute Gasteiger partial charge is 0.354 e. The third-order valence-electron chi connectivity index (χ3n) is 5.74. The highest BCUT2D eigenvalue weighted by atomic mass is 32.2. The maximum atomic E-state index is 4.96. The minimum atomic E-state index is -0.00694. The molecule has 1 saturated carbocycles. The van der Waals surface area contributed by atoms with Crippen LogP contribution in [0.5, 0.6) is 0 Å². The molecular formula is C22H34N6S. The predicted octanol–water partition coefficient (Wildman–Crippen LogP) is 3.69. The summed E-state index contributed by atoms with van der Waals surface area (Å²) in [5, 5.41) is 5.48. The third kappa shape index (κ3) is 5.31. The van der Waals surface area contributed by atoms with Crippen molar-refractivity contribution in [2.45, 2.75) is 56.4 Å². The van der Waals surface area contributed by atoms with Gasteiger partial charge < -0.3 is 4.90 Å². The summed E-state index contributed by atoms with van der Waals surface area (Å²) in [5.74, 6) is 3.94. The second kappa shape index (κ2) is 8.64. The summed E-state index contributed by atoms with van der Waals surface area (Å²) in [6, 6.07) is 4.35. The maximum absolute atomic E-state index is 4.96. The van der Waals surface area contributed by atoms with Crippen LogP contribution in [-0.2, 0) is 12.5 Å². The Bertz CT molecular complexity index is 815. The second-order valence-electron chi connectivity index (χ2n) is 9.32. The van der Waals surface area contributed by atoms with Gasteiger partial charge in [0.25, 0.3) is 0 Å². The normalized spacial score (nSPS) is 18.4. The lowest BCUT2D eigenvalue weighted by atomic mass is 9.95. The van der Waals surface area contributed by atoms with E-state index < -0.39 is 0 Å². The van der Waals surface area contributed by atoms with Gasteiger partial charge in [-0.15, -0.1) is 11.8 Å². The minimum absolute atomic E-state index is 0.00694. The van der Waals surface area contributed by atoms with Gasteiger partial charge in [-0.3, -0.25) is 9.58 Å². The van der Waals surface area contributed by atoms with E-state index in [4.69, 9.17) is 9.97 Å². The molecule has 6 nitrogen and oxygen atoms in total. The minimum Gasteiger partial charge on any atom is -0.354 e. The fraction of sp³-hybridized carbons (Fsp3) is 0.682. The topological polar surface area (TPSA) is 50.1 Å². The van der Waals surface area contributed by atoms with Crippen LogP contribution >= 0.6 is 11.8 Å². The molecular weight excluding hydrogens is 380 g/mol. The summed E-state index contributed by atoms with van der Waals surface area (Å²) in [5.41, 5.74) is 1.25. The van der Waals surface area contributed by atoms with Gasteiger partial charge in [0.15, 0.2) is 0 Å². The number of piperazine rings is 1. The lowest BCUT2D eigenvalue weighted by Crippen LogP contribution is -2.47. The summed E-state index contributed by atoms with van der Waals surface area (Å²) in [4.78, 5) is 14.9. The molecule has 0 N–H and O–H groups in total. The molecule has 2 aromatic heterocycles. The summed E-state index contributed by atoms with van der Waals surface area (Å²) in [6.45, 7) is 12.1. The number of hydrogen-bond donors (Lipinski definition) is 0. The third-order valence-corrected chi connectivity index (χ3v) is 6.93. The standard InChI is InChI=1S/C22H34N6S/c1-22(2,3)21-24-18(17-6-7-17)16-19(25-21)28-13-11-27(12-14-28)10-5-15-29-20-8-9-23-26(20)4/h8-9,16-17H,5-7,10-15H2,1-4H3. The Morgan fingerprint density at radius 3 is 2.48 bits per heavy atom. The van der Waals surface area contributed by atoms with E-state index in [1.807, 2.05) is 29.7 Å². The molecule has 2 aromatic rings. The Balaban J connectivity index is 1.29. The van der Waals surface area contributed by atoms with Crippen molar-refractivity contribution in [3.8, 4) is 0 Å². The molecule has 4 rings (SSSR count). The van der Waals surface area contributed by atoms with E-state index in [-0.39, 0.29) is 5.41 Å². The molecule has 0 amide bonds. The first-order valence-corrected chi connectivity index (χ1v) is 11.9. The first kappa shape index (κ1) is 20.7. The van der Waals surface area contributed by atoms with Gasteiger partial charge in [-0.1, -0.05) is 20.8 Å². The van der Waals surface area contributed by atoms with Crippen molar-refractivity contribution in [1.29, 1.82) is 0 Å². The summed E-state index contributed by atoms with van der Waals surface area (Å²) >= 11 is 1.90. The van der Waals surface area contributed by atoms with E-state index >= 15 is 0 Å². The molecule has 2 aliphatic rings. The number of thioether (sulfide) groups is 1. The lowest BCUT2D eigenvalue weighted by molar-refractivity contribution is 0.258. The van der Waals surface area contributed by atoms with Gasteiger partial charge in [0.05, 0.1) is 11.2 Å². The van der Waals surface area contributed by atoms with Crippen molar-refractivity contribution >= 4 is 17.6 Å². The van der Waals surface area contributed by atoms with Crippen LogP contribution in [0.4, 0.5) is 5.82 Å². The van der Waals surface area contributed by atoms with Crippen molar-refractivity contribution in [2.24, 2.45) is 7.05 Å². The van der Waals surface area contributed by atoms with Crippen molar-refractivity contribution in [3.05, 3.63) is 29.8 Å². The zero-order valence-electron chi connectivity index (χ0n) is 18.3. The predicted molar refractivity (Wildman–Crippen MR) is 120 cm³/mol. The number of hydrogen-bond acceptors (Lipinski definition) is 6. The molecule has 29 heavy (non-hydrogen) atoms. The quantitative estimate of drug-likeness (QED) is 0.509. The van der Waals surface area contributed by atoms with Gasteiger partial charge >= 0.3 is 0 Å². The van der Waals surface area contributed by atoms with Gasteiger partial charge in [-0.05, 0) is 31.9 Å².